The van der Waals surface area contributed by atoms with E-state index in [1.54, 1.807) is 18.2 Å². The number of ether oxygens (including phenoxy) is 1. The van der Waals surface area contributed by atoms with Gasteiger partial charge in [0.15, 0.2) is 6.10 Å². The lowest BCUT2D eigenvalue weighted by Crippen LogP contribution is -2.38. The van der Waals surface area contributed by atoms with Gasteiger partial charge in [0, 0.05) is 16.5 Å². The molecule has 2 aromatic carbocycles. The van der Waals surface area contributed by atoms with Crippen LogP contribution in [0.3, 0.4) is 0 Å². The Morgan fingerprint density at radius 3 is 2.89 bits per heavy atom. The molecule has 0 fully saturated rings. The zero-order valence-corrected chi connectivity index (χ0v) is 15.2. The van der Waals surface area contributed by atoms with Crippen LogP contribution in [0.1, 0.15) is 15.9 Å². The van der Waals surface area contributed by atoms with E-state index in [-0.39, 0.29) is 12.0 Å². The summed E-state index contributed by atoms with van der Waals surface area (Å²) in [7, 11) is 0. The lowest BCUT2D eigenvalue weighted by molar-refractivity contribution is -0.125. The number of halogens is 2. The summed E-state index contributed by atoms with van der Waals surface area (Å²) in [6, 6.07) is 9.00. The summed E-state index contributed by atoms with van der Waals surface area (Å²) in [4.78, 5) is 24.8. The fraction of sp³-hybridized carbons (Fsp3) is 0.118. The topological polar surface area (TPSA) is 110 Å². The van der Waals surface area contributed by atoms with Crippen LogP contribution in [0.4, 0.5) is 10.1 Å². The van der Waals surface area contributed by atoms with Crippen LogP contribution in [-0.2, 0) is 16.0 Å². The van der Waals surface area contributed by atoms with E-state index < -0.39 is 23.8 Å². The number of carbonyl (C=O) groups excluding carboxylic acids is 2. The molecule has 0 bridgehead atoms. The second kappa shape index (κ2) is 6.88. The Hall–Kier alpha value is -3.14. The fourth-order valence-electron chi connectivity index (χ4n) is 2.80. The number of esters is 1. The first-order valence-corrected chi connectivity index (χ1v) is 8.64. The molecule has 2 heterocycles. The third-order valence-corrected chi connectivity index (χ3v) is 4.56. The van der Waals surface area contributed by atoms with Gasteiger partial charge in [-0.2, -0.15) is 5.21 Å². The van der Waals surface area contributed by atoms with E-state index in [4.69, 9.17) is 4.74 Å². The third-order valence-electron chi connectivity index (χ3n) is 4.06. The number of tetrazole rings is 1. The van der Waals surface area contributed by atoms with Crippen LogP contribution in [0.5, 0.6) is 0 Å². The van der Waals surface area contributed by atoms with E-state index >= 15 is 0 Å². The number of H-pyrrole nitrogens is 1. The van der Waals surface area contributed by atoms with Gasteiger partial charge >= 0.3 is 5.97 Å². The number of hydrogen-bond donors (Lipinski definition) is 2. The molecule has 0 spiro atoms. The van der Waals surface area contributed by atoms with E-state index in [1.807, 2.05) is 0 Å². The highest BCUT2D eigenvalue weighted by Gasteiger charge is 2.32. The summed E-state index contributed by atoms with van der Waals surface area (Å²) in [6.45, 7) is 0. The SMILES string of the molecule is O=C1OC(C(=O)Nc2cc(Br)ccc2-c2nn[nH]n2)Cc2ccc(F)cc21. The summed E-state index contributed by atoms with van der Waals surface area (Å²) in [5.74, 6) is -1.48. The minimum absolute atomic E-state index is 0.133. The van der Waals surface area contributed by atoms with Crippen molar-refractivity contribution in [2.24, 2.45) is 0 Å². The van der Waals surface area contributed by atoms with E-state index in [0.717, 1.165) is 10.5 Å². The van der Waals surface area contributed by atoms with Crippen molar-refractivity contribution >= 4 is 33.5 Å². The van der Waals surface area contributed by atoms with Crippen LogP contribution in [0.25, 0.3) is 11.4 Å². The number of nitrogens with zero attached hydrogens (tertiary/aromatic N) is 3. The summed E-state index contributed by atoms with van der Waals surface area (Å²) in [5, 5.41) is 16.4. The number of anilines is 1. The standard InChI is InChI=1S/C17H11BrFN5O3/c18-9-2-4-11(15-21-23-24-22-15)13(6-9)20-16(25)14-5-8-1-3-10(19)7-12(8)17(26)27-14/h1-4,6-7,14H,5H2,(H,20,25)(H,21,22,23,24). The Balaban J connectivity index is 1.59. The van der Waals surface area contributed by atoms with Crippen molar-refractivity contribution in [3.8, 4) is 11.4 Å². The quantitative estimate of drug-likeness (QED) is 0.616. The number of rotatable bonds is 3. The highest BCUT2D eigenvalue weighted by atomic mass is 79.9. The fourth-order valence-corrected chi connectivity index (χ4v) is 3.16. The number of hydrogen-bond acceptors (Lipinski definition) is 6. The Kier molecular flexibility index (Phi) is 4.40. The molecule has 27 heavy (non-hydrogen) atoms. The first-order valence-electron chi connectivity index (χ1n) is 7.85. The molecule has 3 aromatic rings. The smallest absolute Gasteiger partial charge is 0.339 e. The molecular weight excluding hydrogens is 421 g/mol. The van der Waals surface area contributed by atoms with Crippen LogP contribution in [0, 0.1) is 5.82 Å². The molecule has 0 saturated carbocycles. The Bertz CT molecular complexity index is 1040. The van der Waals surface area contributed by atoms with Crippen LogP contribution in [0.15, 0.2) is 40.9 Å². The van der Waals surface area contributed by atoms with Gasteiger partial charge in [-0.1, -0.05) is 22.0 Å². The number of benzene rings is 2. The van der Waals surface area contributed by atoms with E-state index in [9.17, 15) is 14.0 Å². The summed E-state index contributed by atoms with van der Waals surface area (Å²) in [5.41, 5.74) is 1.66. The summed E-state index contributed by atoms with van der Waals surface area (Å²) < 4.78 is 19.2. The zero-order valence-electron chi connectivity index (χ0n) is 13.6. The average Bonchev–Trinajstić information content (AvgIpc) is 3.16. The van der Waals surface area contributed by atoms with Gasteiger partial charge in [0.1, 0.15) is 5.82 Å². The second-order valence-electron chi connectivity index (χ2n) is 5.81. The summed E-state index contributed by atoms with van der Waals surface area (Å²) >= 11 is 3.35. The molecule has 1 amide bonds. The number of fused-ring (bicyclic) bond motifs is 1. The van der Waals surface area contributed by atoms with Crippen molar-refractivity contribution in [3.05, 3.63) is 57.8 Å². The monoisotopic (exact) mass is 431 g/mol. The molecular formula is C17H11BrFN5O3. The molecule has 0 aliphatic carbocycles. The molecule has 1 unspecified atom stereocenters. The average molecular weight is 432 g/mol. The maximum Gasteiger partial charge on any atom is 0.339 e. The van der Waals surface area contributed by atoms with Gasteiger partial charge in [0.05, 0.1) is 11.3 Å². The molecule has 2 N–H and O–H groups in total. The molecule has 1 aromatic heterocycles. The molecule has 1 aliphatic rings. The van der Waals surface area contributed by atoms with E-state index in [1.165, 1.54) is 12.1 Å². The normalized spacial score (nSPS) is 15.8. The Morgan fingerprint density at radius 2 is 2.11 bits per heavy atom. The lowest BCUT2D eigenvalue weighted by Gasteiger charge is -2.24. The van der Waals surface area contributed by atoms with Crippen molar-refractivity contribution < 1.29 is 18.7 Å². The van der Waals surface area contributed by atoms with Gasteiger partial charge in [-0.05, 0) is 41.1 Å². The molecule has 0 saturated heterocycles. The maximum absolute atomic E-state index is 13.3. The molecule has 10 heteroatoms. The van der Waals surface area contributed by atoms with E-state index in [0.29, 0.717) is 22.6 Å². The zero-order chi connectivity index (χ0) is 19.0. The van der Waals surface area contributed by atoms with Gasteiger partial charge < -0.3 is 10.1 Å². The first kappa shape index (κ1) is 17.3. The second-order valence-corrected chi connectivity index (χ2v) is 6.73. The van der Waals surface area contributed by atoms with Crippen molar-refractivity contribution in [1.82, 2.24) is 20.6 Å². The number of cyclic esters (lactones) is 1. The number of carbonyl (C=O) groups is 2. The number of nitrogens with one attached hydrogen (secondary N) is 2. The van der Waals surface area contributed by atoms with Gasteiger partial charge in [0.2, 0.25) is 5.82 Å². The van der Waals surface area contributed by atoms with Crippen molar-refractivity contribution in [1.29, 1.82) is 0 Å². The Labute approximate surface area is 160 Å². The molecule has 1 atom stereocenters. The number of aromatic nitrogens is 4. The minimum atomic E-state index is -1.03. The maximum atomic E-state index is 13.3. The molecule has 0 radical (unpaired) electrons. The molecule has 136 valence electrons. The largest absolute Gasteiger partial charge is 0.448 e. The molecule has 1 aliphatic heterocycles. The van der Waals surface area contributed by atoms with Crippen LogP contribution in [0.2, 0.25) is 0 Å². The van der Waals surface area contributed by atoms with E-state index in [2.05, 4.69) is 41.9 Å². The van der Waals surface area contributed by atoms with Gasteiger partial charge in [0.25, 0.3) is 5.91 Å². The first-order chi connectivity index (χ1) is 13.0. The van der Waals surface area contributed by atoms with Gasteiger partial charge in [-0.15, -0.1) is 10.2 Å². The molecule has 8 nitrogen and oxygen atoms in total. The number of aromatic amines is 1. The lowest BCUT2D eigenvalue weighted by atomic mass is 9.98. The van der Waals surface area contributed by atoms with Crippen LogP contribution < -0.4 is 5.32 Å². The van der Waals surface area contributed by atoms with Gasteiger partial charge in [-0.25, -0.2) is 9.18 Å². The number of amides is 1. The van der Waals surface area contributed by atoms with Crippen molar-refractivity contribution in [3.63, 3.8) is 0 Å². The minimum Gasteiger partial charge on any atom is -0.448 e. The summed E-state index contributed by atoms with van der Waals surface area (Å²) in [6.07, 6.45) is -0.883. The highest BCUT2D eigenvalue weighted by molar-refractivity contribution is 9.10. The van der Waals surface area contributed by atoms with Crippen molar-refractivity contribution in [2.75, 3.05) is 5.32 Å². The third kappa shape index (κ3) is 3.43. The predicted octanol–water partition coefficient (Wildman–Crippen LogP) is 2.49. The highest BCUT2D eigenvalue weighted by Crippen LogP contribution is 2.29. The van der Waals surface area contributed by atoms with Crippen LogP contribution >= 0.6 is 15.9 Å². The van der Waals surface area contributed by atoms with Crippen molar-refractivity contribution in [2.45, 2.75) is 12.5 Å². The predicted molar refractivity (Wildman–Crippen MR) is 95.3 cm³/mol. The molecule has 4 rings (SSSR count). The van der Waals surface area contributed by atoms with Crippen LogP contribution in [-0.4, -0.2) is 38.6 Å². The van der Waals surface area contributed by atoms with Gasteiger partial charge in [-0.3, -0.25) is 4.79 Å². The Morgan fingerprint density at radius 1 is 1.26 bits per heavy atom.